The second-order valence-corrected chi connectivity index (χ2v) is 5.49. The van der Waals surface area contributed by atoms with Crippen molar-refractivity contribution in [1.29, 1.82) is 0 Å². The number of hydrogen-bond acceptors (Lipinski definition) is 5. The molecular formula is C14H20N4OS. The van der Waals surface area contributed by atoms with Crippen LogP contribution in [0.5, 0.6) is 0 Å². The predicted octanol–water partition coefficient (Wildman–Crippen LogP) is 2.55. The summed E-state index contributed by atoms with van der Waals surface area (Å²) in [6, 6.07) is 3.57. The molecule has 1 aromatic heterocycles. The first-order valence-electron chi connectivity index (χ1n) is 6.75. The van der Waals surface area contributed by atoms with Gasteiger partial charge in [-0.3, -0.25) is 4.79 Å². The SMILES string of the molecule is CCN(CC)C(=O)C(C)Nc1ccc2scnc2c1N. The molecule has 1 amide bonds. The van der Waals surface area contributed by atoms with E-state index < -0.39 is 0 Å². The highest BCUT2D eigenvalue weighted by Gasteiger charge is 2.19. The van der Waals surface area contributed by atoms with E-state index in [0.717, 1.165) is 15.9 Å². The molecule has 5 nitrogen and oxygen atoms in total. The maximum Gasteiger partial charge on any atom is 0.244 e. The average Bonchev–Trinajstić information content (AvgIpc) is 2.92. The number of carbonyl (C=O) groups is 1. The zero-order valence-corrected chi connectivity index (χ0v) is 12.8. The largest absolute Gasteiger partial charge is 0.395 e. The Kier molecular flexibility index (Phi) is 4.44. The molecule has 0 aliphatic heterocycles. The van der Waals surface area contributed by atoms with E-state index in [4.69, 9.17) is 5.73 Å². The fourth-order valence-corrected chi connectivity index (χ4v) is 2.87. The Balaban J connectivity index is 2.19. The van der Waals surface area contributed by atoms with Crippen molar-refractivity contribution in [3.63, 3.8) is 0 Å². The van der Waals surface area contributed by atoms with E-state index in [0.29, 0.717) is 18.8 Å². The van der Waals surface area contributed by atoms with Crippen LogP contribution in [0, 0.1) is 0 Å². The third-order valence-corrected chi connectivity index (χ3v) is 4.15. The smallest absolute Gasteiger partial charge is 0.244 e. The summed E-state index contributed by atoms with van der Waals surface area (Å²) in [5.74, 6) is 0.0766. The van der Waals surface area contributed by atoms with E-state index in [9.17, 15) is 4.79 Å². The van der Waals surface area contributed by atoms with Crippen LogP contribution < -0.4 is 11.1 Å². The molecular weight excluding hydrogens is 272 g/mol. The number of thiazole rings is 1. The Bertz CT molecular complexity index is 606. The molecule has 0 saturated heterocycles. The fourth-order valence-electron chi connectivity index (χ4n) is 2.18. The van der Waals surface area contributed by atoms with Gasteiger partial charge in [-0.2, -0.15) is 0 Å². The van der Waals surface area contributed by atoms with E-state index in [1.165, 1.54) is 0 Å². The van der Waals surface area contributed by atoms with Gasteiger partial charge in [-0.05, 0) is 32.9 Å². The molecule has 0 radical (unpaired) electrons. The summed E-state index contributed by atoms with van der Waals surface area (Å²) in [5.41, 5.74) is 10.0. The van der Waals surface area contributed by atoms with Gasteiger partial charge < -0.3 is 16.0 Å². The van der Waals surface area contributed by atoms with Crippen molar-refractivity contribution in [3.05, 3.63) is 17.6 Å². The molecule has 0 aliphatic carbocycles. The lowest BCUT2D eigenvalue weighted by molar-refractivity contribution is -0.131. The van der Waals surface area contributed by atoms with Gasteiger partial charge in [0, 0.05) is 13.1 Å². The van der Waals surface area contributed by atoms with Gasteiger partial charge in [-0.1, -0.05) is 0 Å². The number of fused-ring (bicyclic) bond motifs is 1. The molecule has 0 saturated carbocycles. The summed E-state index contributed by atoms with van der Waals surface area (Å²) in [6.07, 6.45) is 0. The number of nitrogen functional groups attached to an aromatic ring is 1. The van der Waals surface area contributed by atoms with Gasteiger partial charge in [0.05, 0.1) is 21.6 Å². The van der Waals surface area contributed by atoms with Crippen LogP contribution in [-0.2, 0) is 4.79 Å². The lowest BCUT2D eigenvalue weighted by Gasteiger charge is -2.24. The Morgan fingerprint density at radius 2 is 2.15 bits per heavy atom. The fraction of sp³-hybridized carbons (Fsp3) is 0.429. The van der Waals surface area contributed by atoms with Crippen molar-refractivity contribution in [2.45, 2.75) is 26.8 Å². The van der Waals surface area contributed by atoms with Crippen molar-refractivity contribution in [2.24, 2.45) is 0 Å². The highest BCUT2D eigenvalue weighted by molar-refractivity contribution is 7.16. The van der Waals surface area contributed by atoms with Gasteiger partial charge in [0.1, 0.15) is 11.6 Å². The maximum atomic E-state index is 12.2. The zero-order chi connectivity index (χ0) is 14.7. The van der Waals surface area contributed by atoms with Crippen LogP contribution in [0.25, 0.3) is 10.2 Å². The third kappa shape index (κ3) is 2.70. The van der Waals surface area contributed by atoms with Crippen molar-refractivity contribution >= 4 is 38.8 Å². The van der Waals surface area contributed by atoms with Gasteiger partial charge in [-0.15, -0.1) is 11.3 Å². The normalized spacial score (nSPS) is 12.3. The van der Waals surface area contributed by atoms with Crippen LogP contribution >= 0.6 is 11.3 Å². The van der Waals surface area contributed by atoms with Gasteiger partial charge >= 0.3 is 0 Å². The minimum atomic E-state index is -0.312. The van der Waals surface area contributed by atoms with Crippen LogP contribution in [-0.4, -0.2) is 34.9 Å². The van der Waals surface area contributed by atoms with E-state index in [2.05, 4.69) is 10.3 Å². The Morgan fingerprint density at radius 3 is 2.80 bits per heavy atom. The molecule has 1 aromatic carbocycles. The lowest BCUT2D eigenvalue weighted by Crippen LogP contribution is -2.41. The number of benzene rings is 1. The van der Waals surface area contributed by atoms with Crippen LogP contribution in [0.15, 0.2) is 17.6 Å². The average molecular weight is 292 g/mol. The third-order valence-electron chi connectivity index (χ3n) is 3.36. The number of likely N-dealkylation sites (N-methyl/N-ethyl adjacent to an activating group) is 1. The maximum absolute atomic E-state index is 12.2. The molecule has 1 unspecified atom stereocenters. The standard InChI is InChI=1S/C14H20N4OS/c1-4-18(5-2)14(19)9(3)17-10-6-7-11-13(12(10)15)16-8-20-11/h6-9,17H,4-5,15H2,1-3H3. The molecule has 2 aromatic rings. The molecule has 0 spiro atoms. The first kappa shape index (κ1) is 14.6. The number of amides is 1. The highest BCUT2D eigenvalue weighted by Crippen LogP contribution is 2.30. The predicted molar refractivity (Wildman–Crippen MR) is 85.0 cm³/mol. The minimum absolute atomic E-state index is 0.0766. The van der Waals surface area contributed by atoms with Crippen molar-refractivity contribution < 1.29 is 4.79 Å². The lowest BCUT2D eigenvalue weighted by atomic mass is 10.2. The van der Waals surface area contributed by atoms with E-state index in [1.807, 2.05) is 32.9 Å². The highest BCUT2D eigenvalue weighted by atomic mass is 32.1. The monoisotopic (exact) mass is 292 g/mol. The summed E-state index contributed by atoms with van der Waals surface area (Å²) >= 11 is 1.55. The van der Waals surface area contributed by atoms with Crippen LogP contribution in [0.4, 0.5) is 11.4 Å². The number of carbonyl (C=O) groups excluding carboxylic acids is 1. The number of nitrogens with two attached hydrogens (primary N) is 1. The molecule has 1 atom stereocenters. The van der Waals surface area contributed by atoms with Crippen LogP contribution in [0.1, 0.15) is 20.8 Å². The first-order valence-corrected chi connectivity index (χ1v) is 7.63. The number of aromatic nitrogens is 1. The second kappa shape index (κ2) is 6.09. The molecule has 1 heterocycles. The van der Waals surface area contributed by atoms with Crippen molar-refractivity contribution in [3.8, 4) is 0 Å². The van der Waals surface area contributed by atoms with Crippen molar-refractivity contribution in [2.75, 3.05) is 24.1 Å². The first-order chi connectivity index (χ1) is 9.58. The van der Waals surface area contributed by atoms with E-state index in [1.54, 1.807) is 21.7 Å². The quantitative estimate of drug-likeness (QED) is 0.831. The molecule has 0 bridgehead atoms. The molecule has 2 rings (SSSR count). The van der Waals surface area contributed by atoms with Gasteiger partial charge in [0.2, 0.25) is 5.91 Å². The summed E-state index contributed by atoms with van der Waals surface area (Å²) in [4.78, 5) is 18.3. The van der Waals surface area contributed by atoms with Crippen molar-refractivity contribution in [1.82, 2.24) is 9.88 Å². The molecule has 108 valence electrons. The number of hydrogen-bond donors (Lipinski definition) is 2. The molecule has 3 N–H and O–H groups in total. The second-order valence-electron chi connectivity index (χ2n) is 4.60. The number of rotatable bonds is 5. The Labute approximate surface area is 122 Å². The number of anilines is 2. The summed E-state index contributed by atoms with van der Waals surface area (Å²) < 4.78 is 1.05. The molecule has 6 heteroatoms. The van der Waals surface area contributed by atoms with Crippen LogP contribution in [0.2, 0.25) is 0 Å². The van der Waals surface area contributed by atoms with Crippen LogP contribution in [0.3, 0.4) is 0 Å². The summed E-state index contributed by atoms with van der Waals surface area (Å²) in [6.45, 7) is 7.23. The zero-order valence-electron chi connectivity index (χ0n) is 12.0. The van der Waals surface area contributed by atoms with Gasteiger partial charge in [0.15, 0.2) is 0 Å². The Hall–Kier alpha value is -1.82. The minimum Gasteiger partial charge on any atom is -0.395 e. The van der Waals surface area contributed by atoms with E-state index >= 15 is 0 Å². The molecule has 0 fully saturated rings. The Morgan fingerprint density at radius 1 is 1.45 bits per heavy atom. The molecule has 20 heavy (non-hydrogen) atoms. The topological polar surface area (TPSA) is 71.2 Å². The molecule has 0 aliphatic rings. The summed E-state index contributed by atoms with van der Waals surface area (Å²) in [7, 11) is 0. The summed E-state index contributed by atoms with van der Waals surface area (Å²) in [5, 5.41) is 3.19. The number of nitrogens with one attached hydrogen (secondary N) is 1. The van der Waals surface area contributed by atoms with Gasteiger partial charge in [0.25, 0.3) is 0 Å². The van der Waals surface area contributed by atoms with E-state index in [-0.39, 0.29) is 11.9 Å². The van der Waals surface area contributed by atoms with Gasteiger partial charge in [-0.25, -0.2) is 4.98 Å². The number of nitrogens with zero attached hydrogens (tertiary/aromatic N) is 2.